The Morgan fingerprint density at radius 2 is 2.00 bits per heavy atom. The van der Waals surface area contributed by atoms with Crippen molar-refractivity contribution in [2.75, 3.05) is 0 Å². The molecular formula is C16H25NO3S. The summed E-state index contributed by atoms with van der Waals surface area (Å²) in [5, 5.41) is 9.86. The maximum Gasteiger partial charge on any atom is 0.240 e. The predicted molar refractivity (Wildman–Crippen MR) is 83.4 cm³/mol. The van der Waals surface area contributed by atoms with Gasteiger partial charge in [0.2, 0.25) is 10.0 Å². The molecule has 0 aliphatic heterocycles. The van der Waals surface area contributed by atoms with Crippen molar-refractivity contribution in [1.82, 2.24) is 4.72 Å². The van der Waals surface area contributed by atoms with E-state index >= 15 is 0 Å². The van der Waals surface area contributed by atoms with Gasteiger partial charge in [-0.05, 0) is 49.8 Å². The first kappa shape index (κ1) is 16.5. The fraction of sp³-hybridized carbons (Fsp3) is 0.625. The van der Waals surface area contributed by atoms with E-state index in [-0.39, 0.29) is 10.9 Å². The summed E-state index contributed by atoms with van der Waals surface area (Å²) in [4.78, 5) is 0.234. The molecule has 0 saturated heterocycles. The van der Waals surface area contributed by atoms with E-state index in [1.165, 1.54) is 12.8 Å². The molecule has 0 aromatic heterocycles. The van der Waals surface area contributed by atoms with E-state index in [0.29, 0.717) is 17.9 Å². The van der Waals surface area contributed by atoms with Crippen LogP contribution in [0.1, 0.15) is 57.6 Å². The van der Waals surface area contributed by atoms with Gasteiger partial charge in [-0.3, -0.25) is 0 Å². The maximum absolute atomic E-state index is 12.5. The number of aliphatic hydroxyl groups excluding tert-OH is 1. The lowest BCUT2D eigenvalue weighted by Crippen LogP contribution is -2.37. The first-order chi connectivity index (χ1) is 9.94. The average Bonchev–Trinajstić information content (AvgIpc) is 3.00. The Labute approximate surface area is 127 Å². The molecule has 1 aromatic carbocycles. The van der Waals surface area contributed by atoms with Crippen molar-refractivity contribution >= 4 is 10.0 Å². The summed E-state index contributed by atoms with van der Waals surface area (Å²) in [5.41, 5.74) is 0.647. The van der Waals surface area contributed by atoms with Crippen LogP contribution in [0.4, 0.5) is 0 Å². The molecule has 2 rings (SSSR count). The van der Waals surface area contributed by atoms with Crippen molar-refractivity contribution in [3.05, 3.63) is 29.8 Å². The van der Waals surface area contributed by atoms with E-state index in [4.69, 9.17) is 0 Å². The van der Waals surface area contributed by atoms with Gasteiger partial charge in [0.05, 0.1) is 11.0 Å². The summed E-state index contributed by atoms with van der Waals surface area (Å²) in [6.07, 6.45) is 4.52. The van der Waals surface area contributed by atoms with Crippen molar-refractivity contribution in [2.45, 2.75) is 63.0 Å². The molecule has 1 aromatic rings. The summed E-state index contributed by atoms with van der Waals surface area (Å²) in [7, 11) is -3.52. The molecule has 0 radical (unpaired) electrons. The fourth-order valence-electron chi connectivity index (χ4n) is 2.99. The van der Waals surface area contributed by atoms with Crippen molar-refractivity contribution in [3.8, 4) is 0 Å². The van der Waals surface area contributed by atoms with E-state index in [9.17, 15) is 13.5 Å². The fourth-order valence-corrected chi connectivity index (χ4v) is 4.36. The zero-order chi connectivity index (χ0) is 15.5. The normalized spacial score (nSPS) is 19.6. The molecule has 5 heteroatoms. The van der Waals surface area contributed by atoms with E-state index < -0.39 is 16.1 Å². The molecule has 2 N–H and O–H groups in total. The van der Waals surface area contributed by atoms with Gasteiger partial charge in [0.25, 0.3) is 0 Å². The van der Waals surface area contributed by atoms with Crippen LogP contribution in [0.3, 0.4) is 0 Å². The maximum atomic E-state index is 12.5. The summed E-state index contributed by atoms with van der Waals surface area (Å²) >= 11 is 0. The molecular weight excluding hydrogens is 286 g/mol. The van der Waals surface area contributed by atoms with Crippen LogP contribution in [0.15, 0.2) is 29.2 Å². The van der Waals surface area contributed by atoms with Crippen LogP contribution in [-0.4, -0.2) is 19.6 Å². The minimum absolute atomic E-state index is 0.0442. The van der Waals surface area contributed by atoms with Gasteiger partial charge in [-0.1, -0.05) is 31.9 Å². The molecule has 0 spiro atoms. The first-order valence-corrected chi connectivity index (χ1v) is 9.22. The van der Waals surface area contributed by atoms with E-state index in [2.05, 4.69) is 4.72 Å². The van der Waals surface area contributed by atoms with Crippen LogP contribution >= 0.6 is 0 Å². The van der Waals surface area contributed by atoms with Crippen LogP contribution < -0.4 is 4.72 Å². The highest BCUT2D eigenvalue weighted by Gasteiger charge is 2.26. The van der Waals surface area contributed by atoms with Gasteiger partial charge < -0.3 is 5.11 Å². The second-order valence-electron chi connectivity index (χ2n) is 5.95. The van der Waals surface area contributed by atoms with Crippen LogP contribution in [0.5, 0.6) is 0 Å². The summed E-state index contributed by atoms with van der Waals surface area (Å²) in [6.45, 7) is 3.81. The van der Waals surface area contributed by atoms with Gasteiger partial charge in [-0.25, -0.2) is 13.1 Å². The third-order valence-electron chi connectivity index (χ3n) is 4.39. The summed E-state index contributed by atoms with van der Waals surface area (Å²) in [5.74, 6) is 0.434. The molecule has 4 nitrogen and oxygen atoms in total. The van der Waals surface area contributed by atoms with Gasteiger partial charge >= 0.3 is 0 Å². The number of rotatable bonds is 6. The Balaban J connectivity index is 2.15. The Kier molecular flexibility index (Phi) is 5.41. The molecule has 21 heavy (non-hydrogen) atoms. The number of aliphatic hydroxyl groups is 1. The summed E-state index contributed by atoms with van der Waals surface area (Å²) < 4.78 is 27.7. The molecule has 0 heterocycles. The second kappa shape index (κ2) is 6.90. The molecule has 118 valence electrons. The minimum atomic E-state index is -3.52. The van der Waals surface area contributed by atoms with Crippen LogP contribution in [0.2, 0.25) is 0 Å². The number of hydrogen-bond donors (Lipinski definition) is 2. The highest BCUT2D eigenvalue weighted by Crippen LogP contribution is 2.28. The van der Waals surface area contributed by atoms with Crippen LogP contribution in [0, 0.1) is 5.92 Å². The molecule has 2 atom stereocenters. The number of hydrogen-bond acceptors (Lipinski definition) is 3. The van der Waals surface area contributed by atoms with Crippen molar-refractivity contribution in [2.24, 2.45) is 5.92 Å². The molecule has 1 aliphatic carbocycles. The summed E-state index contributed by atoms with van der Waals surface area (Å²) in [6, 6.07) is 6.54. The van der Waals surface area contributed by atoms with E-state index in [0.717, 1.165) is 12.8 Å². The third-order valence-corrected chi connectivity index (χ3v) is 5.94. The smallest absolute Gasteiger partial charge is 0.240 e. The van der Waals surface area contributed by atoms with E-state index in [1.807, 2.05) is 13.8 Å². The molecule has 2 unspecified atom stereocenters. The Hall–Kier alpha value is -0.910. The molecule has 1 saturated carbocycles. The largest absolute Gasteiger partial charge is 0.388 e. The first-order valence-electron chi connectivity index (χ1n) is 7.74. The topological polar surface area (TPSA) is 66.4 Å². The third kappa shape index (κ3) is 4.05. The zero-order valence-electron chi connectivity index (χ0n) is 12.7. The predicted octanol–water partition coefficient (Wildman–Crippen LogP) is 2.99. The number of nitrogens with one attached hydrogen (secondary N) is 1. The Morgan fingerprint density at radius 1 is 1.33 bits per heavy atom. The minimum Gasteiger partial charge on any atom is -0.388 e. The molecule has 1 fully saturated rings. The molecule has 0 bridgehead atoms. The number of benzene rings is 1. The SMILES string of the molecule is CCC(O)c1cccc(S(=O)(=O)NC(C)C2CCCC2)c1. The molecule has 0 amide bonds. The van der Waals surface area contributed by atoms with Crippen molar-refractivity contribution in [1.29, 1.82) is 0 Å². The van der Waals surface area contributed by atoms with Gasteiger partial charge in [-0.15, -0.1) is 0 Å². The number of sulfonamides is 1. The molecule has 1 aliphatic rings. The lowest BCUT2D eigenvalue weighted by molar-refractivity contribution is 0.173. The quantitative estimate of drug-likeness (QED) is 0.849. The monoisotopic (exact) mass is 311 g/mol. The Morgan fingerprint density at radius 3 is 2.62 bits per heavy atom. The van der Waals surface area contributed by atoms with Gasteiger partial charge in [0, 0.05) is 6.04 Å². The van der Waals surface area contributed by atoms with Crippen molar-refractivity contribution < 1.29 is 13.5 Å². The second-order valence-corrected chi connectivity index (χ2v) is 7.67. The average molecular weight is 311 g/mol. The standard InChI is InChI=1S/C16H25NO3S/c1-3-16(18)14-9-6-10-15(11-14)21(19,20)17-12(2)13-7-4-5-8-13/h6,9-13,16-18H,3-5,7-8H2,1-2H3. The lowest BCUT2D eigenvalue weighted by atomic mass is 10.0. The highest BCUT2D eigenvalue weighted by atomic mass is 32.2. The van der Waals surface area contributed by atoms with Crippen LogP contribution in [0.25, 0.3) is 0 Å². The van der Waals surface area contributed by atoms with Gasteiger partial charge in [0.15, 0.2) is 0 Å². The van der Waals surface area contributed by atoms with Gasteiger partial charge in [-0.2, -0.15) is 0 Å². The highest BCUT2D eigenvalue weighted by molar-refractivity contribution is 7.89. The van der Waals surface area contributed by atoms with Crippen LogP contribution in [-0.2, 0) is 10.0 Å². The van der Waals surface area contributed by atoms with Gasteiger partial charge in [0.1, 0.15) is 0 Å². The Bertz CT molecular complexity index is 565. The lowest BCUT2D eigenvalue weighted by Gasteiger charge is -2.20. The van der Waals surface area contributed by atoms with E-state index in [1.54, 1.807) is 24.3 Å². The van der Waals surface area contributed by atoms with Crippen molar-refractivity contribution in [3.63, 3.8) is 0 Å². The zero-order valence-corrected chi connectivity index (χ0v) is 13.6.